The van der Waals surface area contributed by atoms with E-state index in [1.807, 2.05) is 0 Å². The summed E-state index contributed by atoms with van der Waals surface area (Å²) in [5.41, 5.74) is 0.474. The number of ether oxygens (including phenoxy) is 1. The van der Waals surface area contributed by atoms with Gasteiger partial charge in [0.2, 0.25) is 5.91 Å². The fourth-order valence-electron chi connectivity index (χ4n) is 2.23. The largest absolute Gasteiger partial charge is 0.508 e. The summed E-state index contributed by atoms with van der Waals surface area (Å²) in [6.45, 7) is 0.654. The Kier molecular flexibility index (Phi) is 4.57. The molecule has 20 heavy (non-hydrogen) atoms. The van der Waals surface area contributed by atoms with Crippen LogP contribution in [0.1, 0.15) is 12.8 Å². The SMILES string of the molecule is O=C(O)CN(C(=O)C1CCOCC1)c1ccc(O)cc1. The predicted octanol–water partition coefficient (Wildman–Crippen LogP) is 1.24. The zero-order chi connectivity index (χ0) is 14.5. The van der Waals surface area contributed by atoms with Gasteiger partial charge in [-0.05, 0) is 37.1 Å². The molecule has 1 aromatic rings. The number of aliphatic carboxylic acids is 1. The van der Waals surface area contributed by atoms with Crippen molar-refractivity contribution in [1.82, 2.24) is 0 Å². The van der Waals surface area contributed by atoms with Crippen LogP contribution in [0, 0.1) is 5.92 Å². The molecule has 0 aliphatic carbocycles. The van der Waals surface area contributed by atoms with E-state index in [-0.39, 0.29) is 24.1 Å². The number of nitrogens with zero attached hydrogens (tertiary/aromatic N) is 1. The van der Waals surface area contributed by atoms with Crippen LogP contribution in [-0.4, -0.2) is 41.8 Å². The summed E-state index contributed by atoms with van der Waals surface area (Å²) in [5.74, 6) is -1.42. The Bertz CT molecular complexity index is 479. The highest BCUT2D eigenvalue weighted by molar-refractivity contribution is 5.98. The highest BCUT2D eigenvalue weighted by Crippen LogP contribution is 2.24. The van der Waals surface area contributed by atoms with Gasteiger partial charge in [0.05, 0.1) is 0 Å². The normalized spacial score (nSPS) is 15.8. The highest BCUT2D eigenvalue weighted by atomic mass is 16.5. The number of anilines is 1. The van der Waals surface area contributed by atoms with Crippen LogP contribution in [0.5, 0.6) is 5.75 Å². The molecule has 0 aromatic heterocycles. The molecule has 2 N–H and O–H groups in total. The molecule has 1 saturated heterocycles. The Morgan fingerprint density at radius 3 is 2.35 bits per heavy atom. The van der Waals surface area contributed by atoms with E-state index >= 15 is 0 Å². The van der Waals surface area contributed by atoms with Crippen LogP contribution in [0.25, 0.3) is 0 Å². The van der Waals surface area contributed by atoms with Crippen LogP contribution in [0.4, 0.5) is 5.69 Å². The number of hydrogen-bond donors (Lipinski definition) is 2. The van der Waals surface area contributed by atoms with Crippen LogP contribution in [0.2, 0.25) is 0 Å². The van der Waals surface area contributed by atoms with Crippen molar-refractivity contribution in [2.45, 2.75) is 12.8 Å². The molecule has 0 spiro atoms. The van der Waals surface area contributed by atoms with E-state index in [2.05, 4.69) is 0 Å². The molecule has 0 bridgehead atoms. The monoisotopic (exact) mass is 279 g/mol. The molecule has 0 radical (unpaired) electrons. The van der Waals surface area contributed by atoms with Gasteiger partial charge >= 0.3 is 5.97 Å². The number of amides is 1. The Labute approximate surface area is 116 Å². The Morgan fingerprint density at radius 2 is 1.80 bits per heavy atom. The van der Waals surface area contributed by atoms with Gasteiger partial charge in [0.1, 0.15) is 12.3 Å². The topological polar surface area (TPSA) is 87.1 Å². The third kappa shape index (κ3) is 3.48. The average molecular weight is 279 g/mol. The summed E-state index contributed by atoms with van der Waals surface area (Å²) in [6, 6.07) is 5.94. The first-order chi connectivity index (χ1) is 9.58. The van der Waals surface area contributed by atoms with Crippen LogP contribution in [-0.2, 0) is 14.3 Å². The lowest BCUT2D eigenvalue weighted by molar-refractivity contribution is -0.137. The van der Waals surface area contributed by atoms with Crippen molar-refractivity contribution in [3.63, 3.8) is 0 Å². The molecule has 108 valence electrons. The molecule has 2 rings (SSSR count). The van der Waals surface area contributed by atoms with Crippen molar-refractivity contribution in [2.24, 2.45) is 5.92 Å². The number of carbonyl (C=O) groups is 2. The standard InChI is InChI=1S/C14H17NO5/c16-12-3-1-11(2-4-12)15(9-13(17)18)14(19)10-5-7-20-8-6-10/h1-4,10,16H,5-9H2,(H,17,18). The summed E-state index contributed by atoms with van der Waals surface area (Å²) in [4.78, 5) is 24.7. The van der Waals surface area contributed by atoms with E-state index in [9.17, 15) is 14.7 Å². The zero-order valence-corrected chi connectivity index (χ0v) is 11.0. The van der Waals surface area contributed by atoms with Crippen molar-refractivity contribution in [3.8, 4) is 5.75 Å². The van der Waals surface area contributed by atoms with Gasteiger partial charge in [-0.25, -0.2) is 0 Å². The summed E-state index contributed by atoms with van der Waals surface area (Å²) in [5, 5.41) is 18.3. The number of phenols is 1. The fraction of sp³-hybridized carbons (Fsp3) is 0.429. The second kappa shape index (κ2) is 6.38. The molecular formula is C14H17NO5. The molecule has 1 amide bonds. The van der Waals surface area contributed by atoms with Crippen molar-refractivity contribution in [3.05, 3.63) is 24.3 Å². The molecule has 6 nitrogen and oxygen atoms in total. The van der Waals surface area contributed by atoms with Crippen LogP contribution >= 0.6 is 0 Å². The van der Waals surface area contributed by atoms with E-state index in [1.165, 1.54) is 29.2 Å². The minimum atomic E-state index is -1.07. The van der Waals surface area contributed by atoms with Crippen LogP contribution in [0.15, 0.2) is 24.3 Å². The highest BCUT2D eigenvalue weighted by Gasteiger charge is 2.28. The summed E-state index contributed by atoms with van der Waals surface area (Å²) in [7, 11) is 0. The van der Waals surface area contributed by atoms with Crippen molar-refractivity contribution in [1.29, 1.82) is 0 Å². The van der Waals surface area contributed by atoms with Crippen LogP contribution in [0.3, 0.4) is 0 Å². The van der Waals surface area contributed by atoms with Gasteiger partial charge in [-0.3, -0.25) is 9.59 Å². The molecule has 0 unspecified atom stereocenters. The number of benzene rings is 1. The minimum Gasteiger partial charge on any atom is -0.508 e. The van der Waals surface area contributed by atoms with E-state index in [4.69, 9.17) is 9.84 Å². The van der Waals surface area contributed by atoms with E-state index in [0.29, 0.717) is 31.7 Å². The number of carboxylic acids is 1. The van der Waals surface area contributed by atoms with Gasteiger partial charge in [0.15, 0.2) is 0 Å². The van der Waals surface area contributed by atoms with Gasteiger partial charge in [0.25, 0.3) is 0 Å². The quantitative estimate of drug-likeness (QED) is 0.865. The third-order valence-electron chi connectivity index (χ3n) is 3.29. The van der Waals surface area contributed by atoms with E-state index in [1.54, 1.807) is 0 Å². The molecule has 1 aliphatic rings. The van der Waals surface area contributed by atoms with E-state index < -0.39 is 5.97 Å². The first-order valence-corrected chi connectivity index (χ1v) is 6.48. The molecular weight excluding hydrogens is 262 g/mol. The van der Waals surface area contributed by atoms with Gasteiger partial charge in [0, 0.05) is 24.8 Å². The van der Waals surface area contributed by atoms with Crippen molar-refractivity contribution < 1.29 is 24.5 Å². The van der Waals surface area contributed by atoms with Gasteiger partial charge in [-0.2, -0.15) is 0 Å². The smallest absolute Gasteiger partial charge is 0.323 e. The van der Waals surface area contributed by atoms with Crippen molar-refractivity contribution in [2.75, 3.05) is 24.7 Å². The minimum absolute atomic E-state index is 0.0718. The van der Waals surface area contributed by atoms with Gasteiger partial charge in [-0.1, -0.05) is 0 Å². The molecule has 6 heteroatoms. The lowest BCUT2D eigenvalue weighted by Gasteiger charge is -2.28. The number of rotatable bonds is 4. The molecule has 1 fully saturated rings. The second-order valence-corrected chi connectivity index (χ2v) is 4.72. The number of carboxylic acid groups (broad SMARTS) is 1. The lowest BCUT2D eigenvalue weighted by Crippen LogP contribution is -2.41. The molecule has 1 heterocycles. The fourth-order valence-corrected chi connectivity index (χ4v) is 2.23. The van der Waals surface area contributed by atoms with E-state index in [0.717, 1.165) is 0 Å². The van der Waals surface area contributed by atoms with Crippen molar-refractivity contribution >= 4 is 17.6 Å². The summed E-state index contributed by atoms with van der Waals surface area (Å²) < 4.78 is 5.21. The zero-order valence-electron chi connectivity index (χ0n) is 11.0. The third-order valence-corrected chi connectivity index (χ3v) is 3.29. The maximum atomic E-state index is 12.5. The molecule has 1 aromatic carbocycles. The summed E-state index contributed by atoms with van der Waals surface area (Å²) in [6.07, 6.45) is 1.21. The van der Waals surface area contributed by atoms with Gasteiger partial charge in [-0.15, -0.1) is 0 Å². The first-order valence-electron chi connectivity index (χ1n) is 6.48. The maximum Gasteiger partial charge on any atom is 0.323 e. The molecule has 0 saturated carbocycles. The number of phenolic OH excluding ortho intramolecular Hbond substituents is 1. The molecule has 0 atom stereocenters. The Balaban J connectivity index is 2.19. The number of hydrogen-bond acceptors (Lipinski definition) is 4. The van der Waals surface area contributed by atoms with Crippen LogP contribution < -0.4 is 4.90 Å². The predicted molar refractivity (Wildman–Crippen MR) is 71.6 cm³/mol. The lowest BCUT2D eigenvalue weighted by atomic mass is 9.98. The second-order valence-electron chi connectivity index (χ2n) is 4.72. The number of carbonyl (C=O) groups excluding carboxylic acids is 1. The number of aromatic hydroxyl groups is 1. The Hall–Kier alpha value is -2.08. The maximum absolute atomic E-state index is 12.5. The van der Waals surface area contributed by atoms with Gasteiger partial charge < -0.3 is 19.8 Å². The average Bonchev–Trinajstić information content (AvgIpc) is 2.46. The summed E-state index contributed by atoms with van der Waals surface area (Å²) >= 11 is 0. The molecule has 1 aliphatic heterocycles. The Morgan fingerprint density at radius 1 is 1.20 bits per heavy atom. The first kappa shape index (κ1) is 14.3.